The number of quaternary nitrogens is 1. The van der Waals surface area contributed by atoms with Gasteiger partial charge in [0, 0.05) is 0 Å². The van der Waals surface area contributed by atoms with Gasteiger partial charge in [0.2, 0.25) is 0 Å². The first-order valence-electron chi connectivity index (χ1n) is 9.22. The first-order chi connectivity index (χ1) is 10.8. The monoisotopic (exact) mass is 342 g/mol. The second kappa shape index (κ2) is 14.1. The zero-order chi connectivity index (χ0) is 17.6. The van der Waals surface area contributed by atoms with Gasteiger partial charge in [-0.05, 0) is 19.9 Å². The van der Waals surface area contributed by atoms with E-state index in [0.29, 0.717) is 0 Å². The van der Waals surface area contributed by atoms with Crippen LogP contribution in [-0.2, 0) is 0 Å². The fourth-order valence-electron chi connectivity index (χ4n) is 2.96. The number of rotatable bonds is 11. The summed E-state index contributed by atoms with van der Waals surface area (Å²) in [7, 11) is -3.76. The molecule has 0 aromatic heterocycles. The fraction of sp³-hybridized carbons (Fsp3) is 1.00. The lowest BCUT2D eigenvalue weighted by Crippen LogP contribution is -3.10. The number of hydrogen-bond donors (Lipinski definition) is 1. The minimum atomic E-state index is -6.00. The van der Waals surface area contributed by atoms with E-state index in [1.54, 1.807) is 4.90 Å². The van der Waals surface area contributed by atoms with Crippen molar-refractivity contribution in [2.75, 3.05) is 33.4 Å². The maximum absolute atomic E-state index is 9.75. The quantitative estimate of drug-likeness (QED) is 0.339. The van der Waals surface area contributed by atoms with Crippen LogP contribution < -0.4 is 4.90 Å². The molecule has 0 aromatic rings. The minimum absolute atomic E-state index is 1.28. The van der Waals surface area contributed by atoms with Gasteiger partial charge in [-0.15, -0.1) is 0 Å². The van der Waals surface area contributed by atoms with Crippen molar-refractivity contribution in [2.24, 2.45) is 0 Å². The fourth-order valence-corrected chi connectivity index (χ4v) is 2.96. The first kappa shape index (κ1) is 22.7. The zero-order valence-electron chi connectivity index (χ0n) is 14.9. The molecule has 0 saturated carbocycles. The predicted octanol–water partition coefficient (Wildman–Crippen LogP) is 4.00. The van der Waals surface area contributed by atoms with Crippen LogP contribution in [0.5, 0.6) is 0 Å². The standard InChI is InChI=1S/C16H34N2.BF4/c1-3-4-5-6-7-8-9-10-11-12-13-18-15-14-17(2)16-18;2-1(3,4)5/h3-16H2,1-2H3;/q;-1/p+1. The molecule has 2 nitrogen and oxygen atoms in total. The van der Waals surface area contributed by atoms with E-state index in [1.807, 2.05) is 0 Å². The number of unbranched alkanes of at least 4 members (excludes halogenated alkanes) is 9. The molecule has 1 aliphatic rings. The summed E-state index contributed by atoms with van der Waals surface area (Å²) in [6.45, 7) is 7.64. The number of likely N-dealkylation sites (N-methyl/N-ethyl adjacent to an activating group) is 1. The van der Waals surface area contributed by atoms with Crippen LogP contribution in [0.25, 0.3) is 0 Å². The van der Waals surface area contributed by atoms with Crippen molar-refractivity contribution in [1.82, 2.24) is 4.90 Å². The Morgan fingerprint density at radius 2 is 1.26 bits per heavy atom. The third-order valence-corrected chi connectivity index (χ3v) is 4.22. The molecule has 1 unspecified atom stereocenters. The lowest BCUT2D eigenvalue weighted by Gasteiger charge is -2.12. The average Bonchev–Trinajstić information content (AvgIpc) is 2.85. The number of nitrogens with zero attached hydrogens (tertiary/aromatic N) is 1. The van der Waals surface area contributed by atoms with Crippen LogP contribution in [0.1, 0.15) is 71.1 Å². The number of halogens is 4. The summed E-state index contributed by atoms with van der Waals surface area (Å²) in [5, 5.41) is 0. The van der Waals surface area contributed by atoms with Crippen LogP contribution in [0, 0.1) is 0 Å². The number of hydrogen-bond acceptors (Lipinski definition) is 1. The van der Waals surface area contributed by atoms with Gasteiger partial charge in [-0.1, -0.05) is 58.3 Å². The Bertz CT molecular complexity index is 259. The third-order valence-electron chi connectivity index (χ3n) is 4.22. The van der Waals surface area contributed by atoms with E-state index in [-0.39, 0.29) is 0 Å². The maximum atomic E-state index is 9.75. The molecular formula is C16H35BF4N2. The Morgan fingerprint density at radius 1 is 0.826 bits per heavy atom. The SMILES string of the molecule is CCCCCCCCCCCC[NH+]1CCN(C)C1.F[B-](F)(F)F. The van der Waals surface area contributed by atoms with E-state index in [4.69, 9.17) is 0 Å². The summed E-state index contributed by atoms with van der Waals surface area (Å²) in [4.78, 5) is 4.25. The van der Waals surface area contributed by atoms with Gasteiger partial charge in [0.05, 0.1) is 19.6 Å². The second-order valence-corrected chi connectivity index (χ2v) is 6.66. The molecule has 1 N–H and O–H groups in total. The molecule has 0 amide bonds. The minimum Gasteiger partial charge on any atom is -0.418 e. The van der Waals surface area contributed by atoms with Crippen LogP contribution in [0.15, 0.2) is 0 Å². The average molecular weight is 342 g/mol. The first-order valence-corrected chi connectivity index (χ1v) is 9.22. The Morgan fingerprint density at radius 3 is 1.65 bits per heavy atom. The van der Waals surface area contributed by atoms with Gasteiger partial charge < -0.3 is 22.2 Å². The van der Waals surface area contributed by atoms with Gasteiger partial charge in [0.15, 0.2) is 0 Å². The van der Waals surface area contributed by atoms with E-state index >= 15 is 0 Å². The maximum Gasteiger partial charge on any atom is 0.673 e. The molecule has 1 rings (SSSR count). The smallest absolute Gasteiger partial charge is 0.418 e. The Balaban J connectivity index is 0.000000841. The van der Waals surface area contributed by atoms with Crippen molar-refractivity contribution < 1.29 is 22.2 Å². The number of nitrogens with one attached hydrogen (secondary N) is 1. The summed E-state index contributed by atoms with van der Waals surface area (Å²) in [5.41, 5.74) is 0. The molecule has 1 aliphatic heterocycles. The predicted molar refractivity (Wildman–Crippen MR) is 90.2 cm³/mol. The van der Waals surface area contributed by atoms with Crippen molar-refractivity contribution in [3.8, 4) is 0 Å². The van der Waals surface area contributed by atoms with Crippen molar-refractivity contribution >= 4 is 7.25 Å². The van der Waals surface area contributed by atoms with Gasteiger partial charge >= 0.3 is 7.25 Å². The van der Waals surface area contributed by atoms with Gasteiger partial charge in [-0.3, -0.25) is 4.90 Å². The van der Waals surface area contributed by atoms with E-state index < -0.39 is 7.25 Å². The molecule has 0 radical (unpaired) electrons. The summed E-state index contributed by atoms with van der Waals surface area (Å²) in [5.74, 6) is 0. The lowest BCUT2D eigenvalue weighted by atomic mass is 10.1. The summed E-state index contributed by atoms with van der Waals surface area (Å²) < 4.78 is 39.0. The molecule has 0 aliphatic carbocycles. The molecule has 7 heteroatoms. The molecule has 0 bridgehead atoms. The lowest BCUT2D eigenvalue weighted by molar-refractivity contribution is -0.891. The summed E-state index contributed by atoms with van der Waals surface area (Å²) in [6.07, 6.45) is 14.5. The second-order valence-electron chi connectivity index (χ2n) is 6.66. The summed E-state index contributed by atoms with van der Waals surface area (Å²) >= 11 is 0. The molecule has 140 valence electrons. The van der Waals surface area contributed by atoms with Crippen molar-refractivity contribution in [3.63, 3.8) is 0 Å². The van der Waals surface area contributed by atoms with Crippen LogP contribution in [0.3, 0.4) is 0 Å². The molecule has 23 heavy (non-hydrogen) atoms. The topological polar surface area (TPSA) is 7.68 Å². The Labute approximate surface area is 139 Å². The highest BCUT2D eigenvalue weighted by atomic mass is 19.5. The Kier molecular flexibility index (Phi) is 13.9. The van der Waals surface area contributed by atoms with Crippen LogP contribution in [0.4, 0.5) is 17.3 Å². The molecule has 1 atom stereocenters. The third kappa shape index (κ3) is 19.7. The molecule has 0 spiro atoms. The van der Waals surface area contributed by atoms with E-state index in [1.165, 1.54) is 90.5 Å². The van der Waals surface area contributed by atoms with Crippen LogP contribution >= 0.6 is 0 Å². The summed E-state index contributed by atoms with van der Waals surface area (Å²) in [6, 6.07) is 0. The van der Waals surface area contributed by atoms with Crippen LogP contribution in [-0.4, -0.2) is 45.5 Å². The van der Waals surface area contributed by atoms with E-state index in [9.17, 15) is 17.3 Å². The van der Waals surface area contributed by atoms with Gasteiger partial charge in [-0.2, -0.15) is 0 Å². The molecule has 1 fully saturated rings. The van der Waals surface area contributed by atoms with Crippen molar-refractivity contribution in [3.05, 3.63) is 0 Å². The molecule has 1 heterocycles. The molecule has 0 aromatic carbocycles. The highest BCUT2D eigenvalue weighted by molar-refractivity contribution is 6.50. The zero-order valence-corrected chi connectivity index (χ0v) is 14.9. The van der Waals surface area contributed by atoms with Crippen molar-refractivity contribution in [2.45, 2.75) is 71.1 Å². The van der Waals surface area contributed by atoms with E-state index in [2.05, 4.69) is 18.9 Å². The molecular weight excluding hydrogens is 307 g/mol. The largest absolute Gasteiger partial charge is 0.673 e. The van der Waals surface area contributed by atoms with Crippen molar-refractivity contribution in [1.29, 1.82) is 0 Å². The van der Waals surface area contributed by atoms with Gasteiger partial charge in [-0.25, -0.2) is 0 Å². The highest BCUT2D eigenvalue weighted by Gasteiger charge is 2.20. The Hall–Kier alpha value is -0.295. The molecule has 1 saturated heterocycles. The van der Waals surface area contributed by atoms with E-state index in [0.717, 1.165) is 0 Å². The normalized spacial score (nSPS) is 18.8. The van der Waals surface area contributed by atoms with Crippen LogP contribution in [0.2, 0.25) is 0 Å². The van der Waals surface area contributed by atoms with Gasteiger partial charge in [0.25, 0.3) is 0 Å². The highest BCUT2D eigenvalue weighted by Crippen LogP contribution is 2.10. The van der Waals surface area contributed by atoms with Gasteiger partial charge in [0.1, 0.15) is 6.67 Å².